The molecule has 0 fully saturated rings. The summed E-state index contributed by atoms with van der Waals surface area (Å²) in [5.74, 6) is 0.581. The Morgan fingerprint density at radius 3 is 2.31 bits per heavy atom. The Bertz CT molecular complexity index is 151. The first-order chi connectivity index (χ1) is 6.06. The third kappa shape index (κ3) is 7.76. The molecule has 1 atom stereocenters. The van der Waals surface area contributed by atoms with E-state index >= 15 is 0 Å². The highest BCUT2D eigenvalue weighted by Crippen LogP contribution is 2.01. The van der Waals surface area contributed by atoms with Crippen molar-refractivity contribution in [1.82, 2.24) is 4.90 Å². The quantitative estimate of drug-likeness (QED) is 0.675. The molecule has 0 amide bonds. The maximum atomic E-state index is 9.21. The molecule has 0 aromatic rings. The topological polar surface area (TPSA) is 47.3 Å². The molecular weight excluding hydrogens is 164 g/mol. The van der Waals surface area contributed by atoms with Crippen LogP contribution < -0.4 is 0 Å². The first-order valence-electron chi connectivity index (χ1n) is 4.83. The second-order valence-electron chi connectivity index (χ2n) is 3.91. The Kier molecular flexibility index (Phi) is 6.56. The van der Waals surface area contributed by atoms with Crippen LogP contribution in [-0.4, -0.2) is 35.7 Å². The van der Waals surface area contributed by atoms with Crippen molar-refractivity contribution in [2.24, 2.45) is 5.92 Å². The largest absolute Gasteiger partial charge is 0.392 e. The second-order valence-corrected chi connectivity index (χ2v) is 3.91. The maximum Gasteiger partial charge on any atom is 0.0639 e. The zero-order valence-electron chi connectivity index (χ0n) is 8.82. The lowest BCUT2D eigenvalue weighted by Gasteiger charge is -2.24. The standard InChI is InChI=1S/C10H20N2O/c1-9(2)7-12(6-4-5-11)8-10(3)13/h9-10,13H,4,6-8H2,1-3H3/t10-/m0/s1. The van der Waals surface area contributed by atoms with Crippen LogP contribution in [0.4, 0.5) is 0 Å². The van der Waals surface area contributed by atoms with Crippen molar-refractivity contribution in [1.29, 1.82) is 5.26 Å². The number of aliphatic hydroxyl groups is 1. The van der Waals surface area contributed by atoms with Crippen molar-refractivity contribution in [3.8, 4) is 6.07 Å². The van der Waals surface area contributed by atoms with Gasteiger partial charge >= 0.3 is 0 Å². The van der Waals surface area contributed by atoms with E-state index < -0.39 is 0 Å². The summed E-state index contributed by atoms with van der Waals surface area (Å²) in [6, 6.07) is 2.12. The molecule has 0 heterocycles. The van der Waals surface area contributed by atoms with Crippen molar-refractivity contribution in [2.75, 3.05) is 19.6 Å². The molecule has 3 heteroatoms. The van der Waals surface area contributed by atoms with E-state index in [-0.39, 0.29) is 6.10 Å². The molecular formula is C10H20N2O. The molecule has 0 aliphatic rings. The van der Waals surface area contributed by atoms with Gasteiger partial charge in [0, 0.05) is 26.1 Å². The molecule has 0 unspecified atom stereocenters. The predicted octanol–water partition coefficient (Wildman–Crippen LogP) is 1.24. The number of hydrogen-bond donors (Lipinski definition) is 1. The monoisotopic (exact) mass is 184 g/mol. The molecule has 0 aliphatic carbocycles. The number of hydrogen-bond acceptors (Lipinski definition) is 3. The third-order valence-electron chi connectivity index (χ3n) is 1.69. The highest BCUT2D eigenvalue weighted by Gasteiger charge is 2.09. The molecule has 0 aromatic heterocycles. The van der Waals surface area contributed by atoms with E-state index in [0.717, 1.165) is 13.1 Å². The lowest BCUT2D eigenvalue weighted by molar-refractivity contribution is 0.120. The molecule has 3 nitrogen and oxygen atoms in total. The lowest BCUT2D eigenvalue weighted by Crippen LogP contribution is -2.34. The Morgan fingerprint density at radius 1 is 1.31 bits per heavy atom. The van der Waals surface area contributed by atoms with E-state index in [2.05, 4.69) is 24.8 Å². The highest BCUT2D eigenvalue weighted by atomic mass is 16.3. The fourth-order valence-corrected chi connectivity index (χ4v) is 1.36. The van der Waals surface area contributed by atoms with Gasteiger partial charge in [-0.15, -0.1) is 0 Å². The van der Waals surface area contributed by atoms with E-state index in [4.69, 9.17) is 5.26 Å². The molecule has 13 heavy (non-hydrogen) atoms. The van der Waals surface area contributed by atoms with Gasteiger partial charge in [0.2, 0.25) is 0 Å². The number of aliphatic hydroxyl groups excluding tert-OH is 1. The van der Waals surface area contributed by atoms with Crippen LogP contribution in [0, 0.1) is 17.2 Å². The van der Waals surface area contributed by atoms with Gasteiger partial charge in [0.25, 0.3) is 0 Å². The fourth-order valence-electron chi connectivity index (χ4n) is 1.36. The molecule has 0 saturated carbocycles. The zero-order valence-corrected chi connectivity index (χ0v) is 8.82. The Balaban J connectivity index is 3.81. The highest BCUT2D eigenvalue weighted by molar-refractivity contribution is 4.73. The number of rotatable bonds is 6. The smallest absolute Gasteiger partial charge is 0.0639 e. The predicted molar refractivity (Wildman–Crippen MR) is 53.2 cm³/mol. The zero-order chi connectivity index (χ0) is 10.3. The van der Waals surface area contributed by atoms with Crippen LogP contribution in [0.15, 0.2) is 0 Å². The lowest BCUT2D eigenvalue weighted by atomic mass is 10.2. The average Bonchev–Trinajstić information content (AvgIpc) is 1.98. The van der Waals surface area contributed by atoms with Crippen LogP contribution in [0.3, 0.4) is 0 Å². The van der Waals surface area contributed by atoms with E-state index in [9.17, 15) is 5.11 Å². The Morgan fingerprint density at radius 2 is 1.92 bits per heavy atom. The summed E-state index contributed by atoms with van der Waals surface area (Å²) in [6.07, 6.45) is 0.233. The van der Waals surface area contributed by atoms with Gasteiger partial charge in [-0.25, -0.2) is 0 Å². The van der Waals surface area contributed by atoms with Crippen LogP contribution in [0.2, 0.25) is 0 Å². The first kappa shape index (κ1) is 12.4. The van der Waals surface area contributed by atoms with E-state index in [1.54, 1.807) is 6.92 Å². The molecule has 0 spiro atoms. The molecule has 0 aromatic carbocycles. The summed E-state index contributed by atoms with van der Waals surface area (Å²) in [5, 5.41) is 17.7. The van der Waals surface area contributed by atoms with Crippen molar-refractivity contribution in [3.05, 3.63) is 0 Å². The molecule has 0 aliphatic heterocycles. The minimum atomic E-state index is -0.308. The first-order valence-corrected chi connectivity index (χ1v) is 4.83. The van der Waals surface area contributed by atoms with E-state index in [0.29, 0.717) is 18.9 Å². The van der Waals surface area contributed by atoms with Gasteiger partial charge < -0.3 is 5.11 Å². The summed E-state index contributed by atoms with van der Waals surface area (Å²) in [4.78, 5) is 2.14. The second kappa shape index (κ2) is 6.88. The van der Waals surface area contributed by atoms with Crippen LogP contribution in [0.5, 0.6) is 0 Å². The molecule has 1 N–H and O–H groups in total. The van der Waals surface area contributed by atoms with E-state index in [1.165, 1.54) is 0 Å². The van der Waals surface area contributed by atoms with Crippen LogP contribution in [-0.2, 0) is 0 Å². The van der Waals surface area contributed by atoms with Crippen molar-refractivity contribution >= 4 is 0 Å². The summed E-state index contributed by atoms with van der Waals surface area (Å²) in [6.45, 7) is 8.44. The summed E-state index contributed by atoms with van der Waals surface area (Å²) in [5.41, 5.74) is 0. The SMILES string of the molecule is CC(C)CN(CCC#N)C[C@H](C)O. The molecule has 0 radical (unpaired) electrons. The summed E-state index contributed by atoms with van der Waals surface area (Å²) >= 11 is 0. The Hall–Kier alpha value is -0.590. The van der Waals surface area contributed by atoms with Crippen molar-refractivity contribution < 1.29 is 5.11 Å². The van der Waals surface area contributed by atoms with Crippen LogP contribution in [0.1, 0.15) is 27.2 Å². The van der Waals surface area contributed by atoms with Gasteiger partial charge in [-0.2, -0.15) is 5.26 Å². The van der Waals surface area contributed by atoms with Gasteiger partial charge in [0.05, 0.1) is 12.2 Å². The molecule has 0 bridgehead atoms. The minimum absolute atomic E-state index is 0.308. The summed E-state index contributed by atoms with van der Waals surface area (Å²) < 4.78 is 0. The summed E-state index contributed by atoms with van der Waals surface area (Å²) in [7, 11) is 0. The third-order valence-corrected chi connectivity index (χ3v) is 1.69. The van der Waals surface area contributed by atoms with Gasteiger partial charge in [-0.3, -0.25) is 4.90 Å². The fraction of sp³-hybridized carbons (Fsp3) is 0.900. The molecule has 0 rings (SSSR count). The number of nitriles is 1. The average molecular weight is 184 g/mol. The van der Waals surface area contributed by atoms with Crippen LogP contribution in [0.25, 0.3) is 0 Å². The van der Waals surface area contributed by atoms with Crippen LogP contribution >= 0.6 is 0 Å². The Labute approximate surface area is 81.0 Å². The van der Waals surface area contributed by atoms with Gasteiger partial charge in [0.1, 0.15) is 0 Å². The van der Waals surface area contributed by atoms with Gasteiger partial charge in [-0.1, -0.05) is 13.8 Å². The number of nitrogens with zero attached hydrogens (tertiary/aromatic N) is 2. The van der Waals surface area contributed by atoms with Crippen molar-refractivity contribution in [2.45, 2.75) is 33.3 Å². The van der Waals surface area contributed by atoms with Crippen molar-refractivity contribution in [3.63, 3.8) is 0 Å². The van der Waals surface area contributed by atoms with E-state index in [1.807, 2.05) is 0 Å². The maximum absolute atomic E-state index is 9.21. The minimum Gasteiger partial charge on any atom is -0.392 e. The molecule has 0 saturated heterocycles. The molecule has 76 valence electrons. The van der Waals surface area contributed by atoms with Gasteiger partial charge in [-0.05, 0) is 12.8 Å². The van der Waals surface area contributed by atoms with Gasteiger partial charge in [0.15, 0.2) is 0 Å². The normalized spacial score (nSPS) is 13.3.